The highest BCUT2D eigenvalue weighted by Gasteiger charge is 2.32. The van der Waals surface area contributed by atoms with E-state index in [4.69, 9.17) is 10.5 Å². The van der Waals surface area contributed by atoms with Crippen LogP contribution >= 0.6 is 0 Å². The quantitative estimate of drug-likeness (QED) is 0.454. The maximum atomic E-state index is 14.8. The predicted molar refractivity (Wildman–Crippen MR) is 122 cm³/mol. The van der Waals surface area contributed by atoms with Crippen molar-refractivity contribution in [1.29, 1.82) is 0 Å². The number of nitrogens with zero attached hydrogens (tertiary/aromatic N) is 7. The molecule has 4 aromatic rings. The van der Waals surface area contributed by atoms with Crippen LogP contribution in [0, 0.1) is 5.82 Å². The normalized spacial score (nSPS) is 19.3. The summed E-state index contributed by atoms with van der Waals surface area (Å²) in [6.45, 7) is 4.39. The van der Waals surface area contributed by atoms with Crippen LogP contribution in [0.25, 0.3) is 16.6 Å². The van der Waals surface area contributed by atoms with Crippen LogP contribution in [0.3, 0.4) is 0 Å². The van der Waals surface area contributed by atoms with Crippen LogP contribution in [0.2, 0.25) is 0 Å². The monoisotopic (exact) mass is 472 g/mol. The number of alkyl halides is 1. The van der Waals surface area contributed by atoms with Crippen LogP contribution in [-0.2, 0) is 6.54 Å². The number of anilines is 2. The Labute approximate surface area is 194 Å². The number of halogens is 2. The first-order valence-corrected chi connectivity index (χ1v) is 10.9. The number of nitrogens with two attached hydrogens (primary N) is 1. The van der Waals surface area contributed by atoms with E-state index in [9.17, 15) is 13.9 Å². The molecule has 5 rings (SSSR count). The summed E-state index contributed by atoms with van der Waals surface area (Å²) >= 11 is 0. The molecule has 1 fully saturated rings. The molecule has 1 aliphatic rings. The lowest BCUT2D eigenvalue weighted by atomic mass is 9.96. The second-order valence-corrected chi connectivity index (χ2v) is 9.32. The minimum Gasteiger partial charge on any atom is -0.494 e. The largest absolute Gasteiger partial charge is 0.494 e. The Morgan fingerprint density at radius 2 is 2.06 bits per heavy atom. The van der Waals surface area contributed by atoms with E-state index in [1.54, 1.807) is 30.9 Å². The first kappa shape index (κ1) is 22.3. The number of aliphatic hydroxyl groups is 1. The molecule has 4 heterocycles. The molecule has 1 aliphatic heterocycles. The summed E-state index contributed by atoms with van der Waals surface area (Å²) in [5, 5.41) is 19.2. The molecule has 0 aliphatic carbocycles. The number of ether oxygens (including phenoxy) is 1. The fourth-order valence-corrected chi connectivity index (χ4v) is 4.45. The summed E-state index contributed by atoms with van der Waals surface area (Å²) in [6.07, 6.45) is 2.58. The Balaban J connectivity index is 1.50. The predicted octanol–water partition coefficient (Wildman–Crippen LogP) is 2.31. The minimum atomic E-state index is -1.10. The van der Waals surface area contributed by atoms with Gasteiger partial charge in [-0.1, -0.05) is 0 Å². The van der Waals surface area contributed by atoms with Gasteiger partial charge in [-0.15, -0.1) is 5.10 Å². The van der Waals surface area contributed by atoms with Crippen molar-refractivity contribution in [3.8, 4) is 5.75 Å². The van der Waals surface area contributed by atoms with E-state index in [0.29, 0.717) is 35.5 Å². The van der Waals surface area contributed by atoms with Gasteiger partial charge in [-0.3, -0.25) is 4.68 Å². The number of methoxy groups -OCH3 is 1. The standard InChI is InChI=1S/C22H26F2N8O2/c1-22(2,33)11-31-10-15(7-26-31)30-8-12(4-14(24)9-30)19-28-20-16-5-13(23)6-17(34-3)18(16)27-21(25)32(20)29-19/h5-7,10,12,14,33H,4,8-9,11H2,1-3H3,(H2,25,27)/t12-,14+/m0/s1. The Bertz CT molecular complexity index is 1360. The van der Waals surface area contributed by atoms with E-state index in [2.05, 4.69) is 20.2 Å². The summed E-state index contributed by atoms with van der Waals surface area (Å²) in [5.74, 6) is -0.113. The molecule has 0 unspecified atom stereocenters. The smallest absolute Gasteiger partial charge is 0.223 e. The minimum absolute atomic E-state index is 0.0727. The van der Waals surface area contributed by atoms with Crippen LogP contribution in [0.5, 0.6) is 5.75 Å². The molecule has 180 valence electrons. The van der Waals surface area contributed by atoms with Gasteiger partial charge in [0.15, 0.2) is 11.5 Å². The molecule has 2 atom stereocenters. The fourth-order valence-electron chi connectivity index (χ4n) is 4.45. The van der Waals surface area contributed by atoms with Crippen molar-refractivity contribution in [3.05, 3.63) is 36.2 Å². The van der Waals surface area contributed by atoms with E-state index in [1.807, 2.05) is 4.90 Å². The van der Waals surface area contributed by atoms with Crippen LogP contribution in [-0.4, -0.2) is 66.4 Å². The molecule has 10 nitrogen and oxygen atoms in total. The second kappa shape index (κ2) is 8.05. The van der Waals surface area contributed by atoms with Crippen LogP contribution in [0.4, 0.5) is 20.4 Å². The molecule has 34 heavy (non-hydrogen) atoms. The molecule has 0 bridgehead atoms. The number of fused-ring (bicyclic) bond motifs is 3. The summed E-state index contributed by atoms with van der Waals surface area (Å²) in [5.41, 5.74) is 6.65. The highest BCUT2D eigenvalue weighted by atomic mass is 19.1. The van der Waals surface area contributed by atoms with E-state index in [0.717, 1.165) is 5.69 Å². The van der Waals surface area contributed by atoms with Crippen LogP contribution in [0.1, 0.15) is 32.0 Å². The number of rotatable bonds is 5. The first-order chi connectivity index (χ1) is 16.1. The van der Waals surface area contributed by atoms with Crippen molar-refractivity contribution >= 4 is 28.2 Å². The Hall–Kier alpha value is -3.54. The third-order valence-electron chi connectivity index (χ3n) is 5.87. The molecule has 0 amide bonds. The van der Waals surface area contributed by atoms with Crippen molar-refractivity contribution in [2.75, 3.05) is 30.8 Å². The average molecular weight is 473 g/mol. The molecule has 3 N–H and O–H groups in total. The van der Waals surface area contributed by atoms with Crippen LogP contribution < -0.4 is 15.4 Å². The molecule has 3 aromatic heterocycles. The average Bonchev–Trinajstić information content (AvgIpc) is 3.40. The highest BCUT2D eigenvalue weighted by molar-refractivity contribution is 5.95. The lowest BCUT2D eigenvalue weighted by Crippen LogP contribution is -2.41. The van der Waals surface area contributed by atoms with Gasteiger partial charge < -0.3 is 20.5 Å². The number of hydrogen-bond donors (Lipinski definition) is 2. The van der Waals surface area contributed by atoms with Gasteiger partial charge in [-0.2, -0.15) is 9.61 Å². The molecule has 1 aromatic carbocycles. The van der Waals surface area contributed by atoms with Crippen molar-refractivity contribution in [3.63, 3.8) is 0 Å². The molecule has 0 spiro atoms. The fraction of sp³-hybridized carbons (Fsp3) is 0.455. The van der Waals surface area contributed by atoms with Gasteiger partial charge in [0, 0.05) is 31.3 Å². The van der Waals surface area contributed by atoms with E-state index in [-0.39, 0.29) is 30.6 Å². The van der Waals surface area contributed by atoms with E-state index >= 15 is 0 Å². The van der Waals surface area contributed by atoms with Gasteiger partial charge in [0.25, 0.3) is 0 Å². The topological polar surface area (TPSA) is 120 Å². The van der Waals surface area contributed by atoms with Gasteiger partial charge in [-0.25, -0.2) is 18.7 Å². The summed E-state index contributed by atoms with van der Waals surface area (Å²) in [7, 11) is 1.42. The zero-order valence-electron chi connectivity index (χ0n) is 19.1. The lowest BCUT2D eigenvalue weighted by Gasteiger charge is -2.34. The van der Waals surface area contributed by atoms with Crippen molar-refractivity contribution in [1.82, 2.24) is 29.4 Å². The lowest BCUT2D eigenvalue weighted by molar-refractivity contribution is 0.0577. The van der Waals surface area contributed by atoms with E-state index in [1.165, 1.54) is 23.8 Å². The van der Waals surface area contributed by atoms with Crippen molar-refractivity contribution in [2.24, 2.45) is 0 Å². The van der Waals surface area contributed by atoms with E-state index < -0.39 is 17.6 Å². The van der Waals surface area contributed by atoms with Crippen LogP contribution in [0.15, 0.2) is 24.5 Å². The number of nitrogen functional groups attached to an aromatic ring is 1. The third-order valence-corrected chi connectivity index (χ3v) is 5.87. The molecular weight excluding hydrogens is 446 g/mol. The van der Waals surface area contributed by atoms with Crippen molar-refractivity contribution < 1.29 is 18.6 Å². The van der Waals surface area contributed by atoms with Gasteiger partial charge in [0.1, 0.15) is 23.3 Å². The Kier molecular flexibility index (Phi) is 5.27. The SMILES string of the molecule is COc1cc(F)cc2c1nc(N)n1nc([C@H]3C[C@@H](F)CN(c4cnn(CC(C)(C)O)c4)C3)nc21. The first-order valence-electron chi connectivity index (χ1n) is 10.9. The zero-order valence-corrected chi connectivity index (χ0v) is 19.1. The van der Waals surface area contributed by atoms with Gasteiger partial charge in [0.2, 0.25) is 5.95 Å². The number of benzene rings is 1. The summed E-state index contributed by atoms with van der Waals surface area (Å²) in [4.78, 5) is 10.8. The Morgan fingerprint density at radius 3 is 2.79 bits per heavy atom. The van der Waals surface area contributed by atoms with Crippen molar-refractivity contribution in [2.45, 2.75) is 44.5 Å². The second-order valence-electron chi connectivity index (χ2n) is 9.32. The number of piperidine rings is 1. The molecule has 12 heteroatoms. The summed E-state index contributed by atoms with van der Waals surface area (Å²) < 4.78 is 37.2. The zero-order chi connectivity index (χ0) is 24.2. The number of hydrogen-bond acceptors (Lipinski definition) is 8. The highest BCUT2D eigenvalue weighted by Crippen LogP contribution is 2.33. The van der Waals surface area contributed by atoms with Gasteiger partial charge >= 0.3 is 0 Å². The molecule has 0 radical (unpaired) electrons. The Morgan fingerprint density at radius 1 is 1.26 bits per heavy atom. The van der Waals surface area contributed by atoms with Gasteiger partial charge in [0.05, 0.1) is 36.5 Å². The molecule has 1 saturated heterocycles. The molecular formula is C22H26F2N8O2. The maximum Gasteiger partial charge on any atom is 0.223 e. The maximum absolute atomic E-state index is 14.8. The summed E-state index contributed by atoms with van der Waals surface area (Å²) in [6, 6.07) is 2.54. The molecule has 0 saturated carbocycles. The third kappa shape index (κ3) is 4.09. The number of aromatic nitrogens is 6. The van der Waals surface area contributed by atoms with Gasteiger partial charge in [-0.05, 0) is 26.3 Å².